The molecule has 0 fully saturated rings. The largest absolute Gasteiger partial charge is 0.456 e. The summed E-state index contributed by atoms with van der Waals surface area (Å²) in [5, 5.41) is 1.07. The van der Waals surface area contributed by atoms with Gasteiger partial charge in [-0.15, -0.1) is 0 Å². The number of rotatable bonds is 3. The van der Waals surface area contributed by atoms with Crippen LogP contribution in [0, 0.1) is 0 Å². The Morgan fingerprint density at radius 1 is 0.442 bits per heavy atom. The van der Waals surface area contributed by atoms with Crippen LogP contribution in [0.3, 0.4) is 0 Å². The van der Waals surface area contributed by atoms with E-state index in [1.165, 1.54) is 0 Å². The molecule has 9 aromatic rings. The molecule has 10 rings (SSSR count). The summed E-state index contributed by atoms with van der Waals surface area (Å²) in [5.74, 6) is 2.50. The molecule has 52 heavy (non-hydrogen) atoms. The minimum atomic E-state index is 0.813. The lowest BCUT2D eigenvalue weighted by Crippen LogP contribution is -1.96. The molecule has 0 bridgehead atoms. The quantitative estimate of drug-likeness (QED) is 0.189. The number of ether oxygens (including phenoxy) is 1. The number of nitrogens with zero attached hydrogens (tertiary/aromatic N) is 3. The highest BCUT2D eigenvalue weighted by atomic mass is 16.5. The number of benzene rings is 6. The van der Waals surface area contributed by atoms with E-state index in [1.54, 1.807) is 0 Å². The molecule has 0 saturated carbocycles. The highest BCUT2D eigenvalue weighted by Crippen LogP contribution is 2.43. The summed E-state index contributed by atoms with van der Waals surface area (Å²) >= 11 is 0. The van der Waals surface area contributed by atoms with Crippen LogP contribution < -0.4 is 4.74 Å². The molecular formula is C48H31N3O. The maximum Gasteiger partial charge on any atom is 0.137 e. The van der Waals surface area contributed by atoms with Gasteiger partial charge >= 0.3 is 0 Å². The lowest BCUT2D eigenvalue weighted by atomic mass is 9.93. The van der Waals surface area contributed by atoms with Gasteiger partial charge in [0.25, 0.3) is 0 Å². The van der Waals surface area contributed by atoms with E-state index in [4.69, 9.17) is 14.7 Å². The fourth-order valence-corrected chi connectivity index (χ4v) is 7.42. The maximum absolute atomic E-state index is 6.79. The Morgan fingerprint density at radius 2 is 1.08 bits per heavy atom. The van der Waals surface area contributed by atoms with Crippen LogP contribution in [0.2, 0.25) is 0 Å². The normalized spacial score (nSPS) is 12.5. The Hall–Kier alpha value is -7.04. The second kappa shape index (κ2) is 12.4. The van der Waals surface area contributed by atoms with Gasteiger partial charge in [0, 0.05) is 28.3 Å². The number of pyridine rings is 2. The Labute approximate surface area is 301 Å². The van der Waals surface area contributed by atoms with Crippen molar-refractivity contribution in [3.05, 3.63) is 187 Å². The molecule has 0 amide bonds. The zero-order valence-corrected chi connectivity index (χ0v) is 28.1. The summed E-state index contributed by atoms with van der Waals surface area (Å²) in [5.41, 5.74) is 13.8. The summed E-state index contributed by atoms with van der Waals surface area (Å²) in [6, 6.07) is 59.1. The Morgan fingerprint density at radius 3 is 1.87 bits per heavy atom. The molecule has 6 aromatic carbocycles. The highest BCUT2D eigenvalue weighted by molar-refractivity contribution is 6.09. The van der Waals surface area contributed by atoms with Crippen molar-refractivity contribution in [2.75, 3.05) is 0 Å². The van der Waals surface area contributed by atoms with Crippen molar-refractivity contribution in [3.63, 3.8) is 0 Å². The van der Waals surface area contributed by atoms with Crippen LogP contribution in [-0.4, -0.2) is 14.5 Å². The topological polar surface area (TPSA) is 39.9 Å². The van der Waals surface area contributed by atoms with Crippen LogP contribution in [0.5, 0.6) is 11.5 Å². The Bertz CT molecular complexity index is 2820. The monoisotopic (exact) mass is 665 g/mol. The van der Waals surface area contributed by atoms with Gasteiger partial charge in [0.15, 0.2) is 0 Å². The molecule has 1 aliphatic rings. The summed E-state index contributed by atoms with van der Waals surface area (Å²) in [7, 11) is 0. The van der Waals surface area contributed by atoms with Gasteiger partial charge in [0.1, 0.15) is 17.3 Å². The predicted octanol–water partition coefficient (Wildman–Crippen LogP) is 12.5. The van der Waals surface area contributed by atoms with Crippen molar-refractivity contribution >= 4 is 34.1 Å². The van der Waals surface area contributed by atoms with Gasteiger partial charge in [-0.1, -0.05) is 127 Å². The molecular weight excluding hydrogens is 635 g/mol. The van der Waals surface area contributed by atoms with Crippen LogP contribution >= 0.6 is 0 Å². The molecule has 0 aliphatic carbocycles. The zero-order chi connectivity index (χ0) is 34.4. The molecule has 4 heteroatoms. The van der Waals surface area contributed by atoms with Crippen molar-refractivity contribution in [3.8, 4) is 62.0 Å². The third-order valence-electron chi connectivity index (χ3n) is 9.92. The van der Waals surface area contributed by atoms with Gasteiger partial charge in [0.2, 0.25) is 0 Å². The molecule has 0 saturated heterocycles. The van der Waals surface area contributed by atoms with Gasteiger partial charge in [-0.2, -0.15) is 0 Å². The lowest BCUT2D eigenvalue weighted by Gasteiger charge is -2.16. The minimum Gasteiger partial charge on any atom is -0.456 e. The molecule has 0 N–H and O–H groups in total. The first-order chi connectivity index (χ1) is 25.8. The van der Waals surface area contributed by atoms with Crippen molar-refractivity contribution in [1.29, 1.82) is 0 Å². The standard InChI is InChI=1S/C48H31N3O/c1-2-13-34(14-3-1)42-26-28-44-48(50-42)41-31-36(25-27-43(41)51(44)47-20-10-11-29-49-47)35-24-23-33-22-21-32-12-4-5-15-37(32)38-16-6-8-18-45(38)52-46-19-9-7-17-39(46)40(33)30-35/h1-31H/b22-21-. The Kier molecular flexibility index (Phi) is 7.10. The summed E-state index contributed by atoms with van der Waals surface area (Å²) in [6.07, 6.45) is 6.28. The molecule has 3 aromatic heterocycles. The van der Waals surface area contributed by atoms with Crippen LogP contribution in [0.15, 0.2) is 176 Å². The van der Waals surface area contributed by atoms with Gasteiger partial charge in [-0.25, -0.2) is 9.97 Å². The van der Waals surface area contributed by atoms with Crippen LogP contribution in [0.1, 0.15) is 11.1 Å². The highest BCUT2D eigenvalue weighted by Gasteiger charge is 2.19. The van der Waals surface area contributed by atoms with Gasteiger partial charge in [-0.05, 0) is 88.0 Å². The number of fused-ring (bicyclic) bond motifs is 9. The van der Waals surface area contributed by atoms with Crippen LogP contribution in [-0.2, 0) is 0 Å². The number of hydrogen-bond acceptors (Lipinski definition) is 3. The van der Waals surface area contributed by atoms with E-state index in [-0.39, 0.29) is 0 Å². The third-order valence-corrected chi connectivity index (χ3v) is 9.92. The molecule has 4 nitrogen and oxygen atoms in total. The SMILES string of the molecule is C1=C\c2ccc(-c3ccc4c(c3)c3nc(-c5ccccc5)ccc3n4-c3ccccn3)cc2-c2ccccc2Oc2ccccc2-c2ccccc2/1. The second-order valence-corrected chi connectivity index (χ2v) is 13.0. The van der Waals surface area contributed by atoms with Crippen molar-refractivity contribution in [1.82, 2.24) is 14.5 Å². The molecule has 0 unspecified atom stereocenters. The van der Waals surface area contributed by atoms with E-state index in [0.29, 0.717) is 0 Å². The van der Waals surface area contributed by atoms with E-state index >= 15 is 0 Å². The molecule has 4 heterocycles. The smallest absolute Gasteiger partial charge is 0.137 e. The Balaban J connectivity index is 1.17. The number of para-hydroxylation sites is 2. The lowest BCUT2D eigenvalue weighted by molar-refractivity contribution is 0.486. The molecule has 1 aliphatic heterocycles. The second-order valence-electron chi connectivity index (χ2n) is 13.0. The molecule has 0 atom stereocenters. The summed E-state index contributed by atoms with van der Waals surface area (Å²) in [6.45, 7) is 0. The average molecular weight is 666 g/mol. The van der Waals surface area contributed by atoms with Gasteiger partial charge in [-0.3, -0.25) is 4.57 Å². The predicted molar refractivity (Wildman–Crippen MR) is 214 cm³/mol. The average Bonchev–Trinajstić information content (AvgIpc) is 3.53. The minimum absolute atomic E-state index is 0.813. The number of hydrogen-bond donors (Lipinski definition) is 0. The van der Waals surface area contributed by atoms with Gasteiger partial charge in [0.05, 0.1) is 22.2 Å². The van der Waals surface area contributed by atoms with Gasteiger partial charge < -0.3 is 4.74 Å². The first-order valence-electron chi connectivity index (χ1n) is 17.5. The molecule has 0 spiro atoms. The van der Waals surface area contributed by atoms with Crippen molar-refractivity contribution in [2.24, 2.45) is 0 Å². The van der Waals surface area contributed by atoms with E-state index in [2.05, 4.69) is 150 Å². The van der Waals surface area contributed by atoms with Crippen LogP contribution in [0.4, 0.5) is 0 Å². The third kappa shape index (κ3) is 5.09. The maximum atomic E-state index is 6.79. The van der Waals surface area contributed by atoms with Crippen molar-refractivity contribution in [2.45, 2.75) is 0 Å². The first kappa shape index (κ1) is 29.8. The molecule has 0 radical (unpaired) electrons. The fraction of sp³-hybridized carbons (Fsp3) is 0. The van der Waals surface area contributed by atoms with Crippen molar-refractivity contribution < 1.29 is 4.74 Å². The van der Waals surface area contributed by atoms with E-state index in [9.17, 15) is 0 Å². The van der Waals surface area contributed by atoms with Crippen LogP contribution in [0.25, 0.3) is 84.5 Å². The first-order valence-corrected chi connectivity index (χ1v) is 17.5. The van der Waals surface area contributed by atoms with E-state index in [0.717, 1.165) is 95.0 Å². The summed E-state index contributed by atoms with van der Waals surface area (Å²) in [4.78, 5) is 10.0. The number of aromatic nitrogens is 3. The summed E-state index contributed by atoms with van der Waals surface area (Å²) < 4.78 is 9.00. The molecule has 244 valence electrons. The zero-order valence-electron chi connectivity index (χ0n) is 28.1. The van der Waals surface area contributed by atoms with E-state index < -0.39 is 0 Å². The fourth-order valence-electron chi connectivity index (χ4n) is 7.42. The van der Waals surface area contributed by atoms with E-state index in [1.807, 2.05) is 42.6 Å².